The molecule has 0 spiro atoms. The van der Waals surface area contributed by atoms with Gasteiger partial charge in [-0.05, 0) is 54.8 Å². The van der Waals surface area contributed by atoms with E-state index in [2.05, 4.69) is 13.8 Å². The molecule has 5 nitrogen and oxygen atoms in total. The Kier molecular flexibility index (Phi) is 9.22. The van der Waals surface area contributed by atoms with E-state index in [0.29, 0.717) is 29.5 Å². The van der Waals surface area contributed by atoms with Crippen LogP contribution in [-0.4, -0.2) is 47.0 Å². The summed E-state index contributed by atoms with van der Waals surface area (Å²) in [4.78, 5) is 23.0. The number of fused-ring (bicyclic) bond motifs is 2. The van der Waals surface area contributed by atoms with E-state index < -0.39 is 20.8 Å². The molecule has 7 heteroatoms. The van der Waals surface area contributed by atoms with Crippen molar-refractivity contribution in [2.24, 2.45) is 16.7 Å². The highest BCUT2D eigenvalue weighted by molar-refractivity contribution is 7.97. The summed E-state index contributed by atoms with van der Waals surface area (Å²) in [6.45, 7) is 11.7. The van der Waals surface area contributed by atoms with Crippen molar-refractivity contribution < 1.29 is 22.6 Å². The number of unbranched alkanes of at least 4 members (excludes halogenated alkanes) is 2. The molecule has 28 heavy (non-hydrogen) atoms. The number of ketones is 2. The lowest BCUT2D eigenvalue weighted by atomic mass is 9.70. The summed E-state index contributed by atoms with van der Waals surface area (Å²) in [5.41, 5.74) is -0.994. The number of Topliss-reactive ketones (excluding diaryl/α,β-unsaturated/α-hetero) is 2. The summed E-state index contributed by atoms with van der Waals surface area (Å²) in [6.07, 6.45) is 6.47. The van der Waals surface area contributed by atoms with E-state index in [9.17, 15) is 22.6 Å². The zero-order chi connectivity index (χ0) is 21.8. The molecule has 3 unspecified atom stereocenters. The van der Waals surface area contributed by atoms with Crippen LogP contribution in [0.25, 0.3) is 0 Å². The van der Waals surface area contributed by atoms with Crippen molar-refractivity contribution in [2.45, 2.75) is 85.3 Å². The Labute approximate surface area is 174 Å². The van der Waals surface area contributed by atoms with Gasteiger partial charge in [-0.15, -0.1) is 0 Å². The van der Waals surface area contributed by atoms with Crippen LogP contribution in [0.3, 0.4) is 0 Å². The van der Waals surface area contributed by atoms with Crippen LogP contribution in [0.15, 0.2) is 0 Å². The molecule has 0 N–H and O–H groups in total. The standard InChI is InChI=1S/C11H23OS.C10H16O4S/c1-4-6-8-13(9-7-5-2)10-11(3)12;1-9(2)6-4-5-10(9,3)8(11)7(6)15(12,13)14/h4-10H2,1-3H3;6-7H,4-5H2,1-3H3,(H,12,13,14)/q+1;/p-1. The zero-order valence-corrected chi connectivity index (χ0v) is 20.0. The third-order valence-electron chi connectivity index (χ3n) is 6.76. The predicted octanol–water partition coefficient (Wildman–Crippen LogP) is 3.72. The van der Waals surface area contributed by atoms with Gasteiger partial charge in [0.25, 0.3) is 0 Å². The molecule has 0 aliphatic heterocycles. The molecular formula is C21H38O5S2. The quantitative estimate of drug-likeness (QED) is 0.407. The van der Waals surface area contributed by atoms with E-state index in [0.717, 1.165) is 5.75 Å². The summed E-state index contributed by atoms with van der Waals surface area (Å²) < 4.78 is 33.3. The van der Waals surface area contributed by atoms with E-state index in [-0.39, 0.29) is 17.1 Å². The maximum absolute atomic E-state index is 12.0. The molecule has 2 aliphatic carbocycles. The maximum Gasteiger partial charge on any atom is 0.178 e. The first-order chi connectivity index (χ1) is 12.8. The molecule has 2 saturated carbocycles. The second-order valence-corrected chi connectivity index (χ2v) is 12.9. The Morgan fingerprint density at radius 1 is 1.14 bits per heavy atom. The Morgan fingerprint density at radius 2 is 1.64 bits per heavy atom. The van der Waals surface area contributed by atoms with E-state index in [1.165, 1.54) is 37.2 Å². The summed E-state index contributed by atoms with van der Waals surface area (Å²) in [5.74, 6) is 3.10. The van der Waals surface area contributed by atoms with Crippen molar-refractivity contribution in [1.82, 2.24) is 0 Å². The lowest BCUT2D eigenvalue weighted by Crippen LogP contribution is -2.38. The lowest BCUT2D eigenvalue weighted by molar-refractivity contribution is -0.128. The van der Waals surface area contributed by atoms with Gasteiger partial charge in [-0.1, -0.05) is 47.5 Å². The van der Waals surface area contributed by atoms with Gasteiger partial charge in [0.15, 0.2) is 17.3 Å². The van der Waals surface area contributed by atoms with Crippen LogP contribution in [0.4, 0.5) is 0 Å². The number of carbonyl (C=O) groups is 2. The highest BCUT2D eigenvalue weighted by atomic mass is 32.2. The van der Waals surface area contributed by atoms with Gasteiger partial charge in [0.05, 0.1) is 0 Å². The van der Waals surface area contributed by atoms with Crippen LogP contribution >= 0.6 is 0 Å². The largest absolute Gasteiger partial charge is 0.747 e. The van der Waals surface area contributed by atoms with E-state index in [1.54, 1.807) is 13.8 Å². The molecule has 0 aromatic heterocycles. The van der Waals surface area contributed by atoms with Gasteiger partial charge >= 0.3 is 0 Å². The third kappa shape index (κ3) is 5.60. The molecule has 2 aliphatic rings. The number of hydrogen-bond acceptors (Lipinski definition) is 5. The van der Waals surface area contributed by atoms with Crippen molar-refractivity contribution in [2.75, 3.05) is 17.3 Å². The van der Waals surface area contributed by atoms with Gasteiger partial charge in [-0.25, -0.2) is 8.42 Å². The fourth-order valence-electron chi connectivity index (χ4n) is 4.57. The minimum Gasteiger partial charge on any atom is -0.747 e. The highest BCUT2D eigenvalue weighted by Crippen LogP contribution is 2.64. The van der Waals surface area contributed by atoms with Gasteiger partial charge in [-0.2, -0.15) is 0 Å². The van der Waals surface area contributed by atoms with Crippen molar-refractivity contribution in [3.8, 4) is 0 Å². The first kappa shape index (κ1) is 25.6. The van der Waals surface area contributed by atoms with Gasteiger partial charge in [0.2, 0.25) is 0 Å². The monoisotopic (exact) mass is 434 g/mol. The predicted molar refractivity (Wildman–Crippen MR) is 116 cm³/mol. The van der Waals surface area contributed by atoms with Crippen LogP contribution in [0.2, 0.25) is 0 Å². The number of rotatable bonds is 9. The topological polar surface area (TPSA) is 91.3 Å². The number of hydrogen-bond donors (Lipinski definition) is 0. The van der Waals surface area contributed by atoms with Crippen LogP contribution in [0, 0.1) is 16.7 Å². The summed E-state index contributed by atoms with van der Waals surface area (Å²) in [6, 6.07) is 0. The molecule has 2 fully saturated rings. The Bertz CT molecular complexity index is 648. The summed E-state index contributed by atoms with van der Waals surface area (Å²) in [5, 5.41) is -1.30. The Hall–Kier alpha value is -0.400. The molecule has 0 aromatic rings. The van der Waals surface area contributed by atoms with Crippen molar-refractivity contribution in [3.63, 3.8) is 0 Å². The van der Waals surface area contributed by atoms with Gasteiger partial charge in [0.1, 0.15) is 26.9 Å². The second kappa shape index (κ2) is 10.1. The molecule has 0 radical (unpaired) electrons. The molecular weight excluding hydrogens is 396 g/mol. The van der Waals surface area contributed by atoms with Gasteiger partial charge in [0, 0.05) is 5.41 Å². The fraction of sp³-hybridized carbons (Fsp3) is 0.905. The minimum atomic E-state index is -4.49. The maximum atomic E-state index is 12.0. The van der Waals surface area contributed by atoms with E-state index in [1.807, 2.05) is 13.8 Å². The van der Waals surface area contributed by atoms with Crippen molar-refractivity contribution in [1.29, 1.82) is 0 Å². The molecule has 0 aromatic carbocycles. The van der Waals surface area contributed by atoms with Crippen molar-refractivity contribution >= 4 is 32.6 Å². The van der Waals surface area contributed by atoms with Crippen LogP contribution < -0.4 is 0 Å². The van der Waals surface area contributed by atoms with E-state index in [4.69, 9.17) is 0 Å². The molecule has 0 amide bonds. The average molecular weight is 435 g/mol. The normalized spacial score (nSPS) is 28.4. The minimum absolute atomic E-state index is 0.294. The SMILES string of the molecule is CC12CCC(C(S(=O)(=O)[O-])C1=O)C2(C)C.CCCC[S+](CCCC)CC(C)=O. The number of carbonyl (C=O) groups excluding carboxylic acids is 2. The average Bonchev–Trinajstić information content (AvgIpc) is 2.89. The lowest BCUT2D eigenvalue weighted by Gasteiger charge is -2.32. The van der Waals surface area contributed by atoms with Crippen LogP contribution in [0.5, 0.6) is 0 Å². The fourth-order valence-corrected chi connectivity index (χ4v) is 8.43. The molecule has 2 bridgehead atoms. The molecule has 2 rings (SSSR count). The molecule has 0 saturated heterocycles. The first-order valence-corrected chi connectivity index (χ1v) is 13.7. The van der Waals surface area contributed by atoms with Crippen molar-refractivity contribution in [3.05, 3.63) is 0 Å². The van der Waals surface area contributed by atoms with Crippen LogP contribution in [-0.2, 0) is 30.6 Å². The van der Waals surface area contributed by atoms with E-state index >= 15 is 0 Å². The smallest absolute Gasteiger partial charge is 0.178 e. The second-order valence-electron chi connectivity index (χ2n) is 9.05. The van der Waals surface area contributed by atoms with Gasteiger partial charge in [-0.3, -0.25) is 9.59 Å². The Balaban J connectivity index is 0.000000284. The van der Waals surface area contributed by atoms with Gasteiger partial charge < -0.3 is 4.55 Å². The third-order valence-corrected chi connectivity index (χ3v) is 10.5. The molecule has 3 atom stereocenters. The zero-order valence-electron chi connectivity index (χ0n) is 18.4. The molecule has 164 valence electrons. The summed E-state index contributed by atoms with van der Waals surface area (Å²) >= 11 is 0. The van der Waals surface area contributed by atoms with Crippen LogP contribution in [0.1, 0.15) is 80.1 Å². The summed E-state index contributed by atoms with van der Waals surface area (Å²) in [7, 11) is -4.10. The highest BCUT2D eigenvalue weighted by Gasteiger charge is 2.67. The first-order valence-electron chi connectivity index (χ1n) is 10.5. The molecule has 0 heterocycles. The Morgan fingerprint density at radius 3 is 1.93 bits per heavy atom.